The summed E-state index contributed by atoms with van der Waals surface area (Å²) in [6, 6.07) is 0. The van der Waals surface area contributed by atoms with E-state index in [1.54, 1.807) is 11.7 Å². The number of hydrogen-bond donors (Lipinski definition) is 0. The molecule has 4 nitrogen and oxygen atoms in total. The monoisotopic (exact) mass is 394 g/mol. The second-order valence-corrected chi connectivity index (χ2v) is 12.8. The van der Waals surface area contributed by atoms with E-state index in [9.17, 15) is 9.36 Å². The highest BCUT2D eigenvalue weighted by Crippen LogP contribution is 2.64. The highest BCUT2D eigenvalue weighted by atomic mass is 32.7. The van der Waals surface area contributed by atoms with Gasteiger partial charge in [-0.3, -0.25) is 14.0 Å². The Morgan fingerprint density at radius 3 is 2.29 bits per heavy atom. The Hall–Kier alpha value is 0.360. The third-order valence-electron chi connectivity index (χ3n) is 4.23. The number of unbranched alkanes of at least 4 members (excludes halogenated alkanes) is 4. The lowest BCUT2D eigenvalue weighted by atomic mass is 10.2. The van der Waals surface area contributed by atoms with E-state index in [0.29, 0.717) is 0 Å². The summed E-state index contributed by atoms with van der Waals surface area (Å²) in [5.41, 5.74) is 0. The molecule has 142 valence electrons. The lowest BCUT2D eigenvalue weighted by Gasteiger charge is -2.34. The molecule has 0 aromatic carbocycles. The van der Waals surface area contributed by atoms with E-state index in [4.69, 9.17) is 0 Å². The number of carbonyl (C=O) groups excluding carboxylic acids is 1. The van der Waals surface area contributed by atoms with Crippen molar-refractivity contribution < 1.29 is 9.36 Å². The predicted octanol–water partition coefficient (Wildman–Crippen LogP) is 5.70. The van der Waals surface area contributed by atoms with E-state index >= 15 is 0 Å². The fourth-order valence-electron chi connectivity index (χ4n) is 2.36. The molecule has 1 saturated carbocycles. The third-order valence-corrected chi connectivity index (χ3v) is 11.5. The molecule has 0 heterocycles. The zero-order chi connectivity index (χ0) is 18.0. The van der Waals surface area contributed by atoms with Gasteiger partial charge in [0.2, 0.25) is 5.91 Å². The van der Waals surface area contributed by atoms with E-state index in [-0.39, 0.29) is 11.8 Å². The minimum Gasteiger partial charge on any atom is -0.276 e. The highest BCUT2D eigenvalue weighted by Gasteiger charge is 2.42. The number of hydrogen-bond acceptors (Lipinski definition) is 4. The molecule has 0 saturated heterocycles. The van der Waals surface area contributed by atoms with Crippen LogP contribution < -0.4 is 0 Å². The molecule has 1 amide bonds. The highest BCUT2D eigenvalue weighted by molar-refractivity contribution is 8.56. The Balaban J connectivity index is 2.55. The molecule has 1 atom stereocenters. The Kier molecular flexibility index (Phi) is 11.1. The molecule has 0 bridgehead atoms. The van der Waals surface area contributed by atoms with Crippen molar-refractivity contribution in [1.82, 2.24) is 9.34 Å². The summed E-state index contributed by atoms with van der Waals surface area (Å²) in [6.07, 6.45) is 9.08. The molecule has 1 aliphatic rings. The molecule has 0 aliphatic heterocycles. The smallest absolute Gasteiger partial charge is 0.276 e. The minimum absolute atomic E-state index is 0.0714. The van der Waals surface area contributed by atoms with E-state index in [1.807, 2.05) is 23.5 Å². The lowest BCUT2D eigenvalue weighted by Crippen LogP contribution is -2.31. The van der Waals surface area contributed by atoms with Crippen LogP contribution in [0.1, 0.15) is 65.2 Å². The van der Waals surface area contributed by atoms with Crippen molar-refractivity contribution in [3.05, 3.63) is 0 Å². The molecule has 0 radical (unpaired) electrons. The van der Waals surface area contributed by atoms with E-state index in [0.717, 1.165) is 43.1 Å². The van der Waals surface area contributed by atoms with Crippen molar-refractivity contribution in [1.29, 1.82) is 0 Å². The van der Waals surface area contributed by atoms with Gasteiger partial charge in [-0.2, -0.15) is 0 Å². The van der Waals surface area contributed by atoms with Crippen LogP contribution in [0.5, 0.6) is 0 Å². The van der Waals surface area contributed by atoms with Crippen LogP contribution in [0.25, 0.3) is 0 Å². The molecule has 24 heavy (non-hydrogen) atoms. The van der Waals surface area contributed by atoms with Gasteiger partial charge in [0.05, 0.1) is 5.88 Å². The third kappa shape index (κ3) is 7.31. The first-order valence-corrected chi connectivity index (χ1v) is 13.6. The van der Waals surface area contributed by atoms with Crippen molar-refractivity contribution >= 4 is 35.7 Å². The van der Waals surface area contributed by atoms with Crippen LogP contribution >= 0.6 is 29.8 Å². The molecule has 7 heteroatoms. The first-order valence-electron chi connectivity index (χ1n) is 9.29. The van der Waals surface area contributed by atoms with Gasteiger partial charge in [0.15, 0.2) is 0 Å². The van der Waals surface area contributed by atoms with Crippen molar-refractivity contribution in [3.63, 3.8) is 0 Å². The molecule has 1 unspecified atom stereocenters. The first kappa shape index (κ1) is 22.4. The predicted molar refractivity (Wildman–Crippen MR) is 110 cm³/mol. The Bertz CT molecular complexity index is 419. The van der Waals surface area contributed by atoms with Gasteiger partial charge in [0, 0.05) is 18.7 Å². The number of carbonyl (C=O) groups is 1. The maximum absolute atomic E-state index is 13.6. The maximum atomic E-state index is 13.6. The summed E-state index contributed by atoms with van der Waals surface area (Å²) in [6.45, 7) is 1.51. The van der Waals surface area contributed by atoms with Crippen molar-refractivity contribution in [3.8, 4) is 0 Å². The number of amides is 1. The fraction of sp³-hybridized carbons (Fsp3) is 0.941. The summed E-state index contributed by atoms with van der Waals surface area (Å²) < 4.78 is 17.1. The van der Waals surface area contributed by atoms with Gasteiger partial charge >= 0.3 is 0 Å². The summed E-state index contributed by atoms with van der Waals surface area (Å²) >= 11 is 3.32. The van der Waals surface area contributed by atoms with Crippen molar-refractivity contribution in [2.45, 2.75) is 65.2 Å². The molecule has 0 N–H and O–H groups in total. The summed E-state index contributed by atoms with van der Waals surface area (Å²) in [5.74, 6) is 2.86. The second kappa shape index (κ2) is 11.9. The Labute approximate surface area is 157 Å². The van der Waals surface area contributed by atoms with E-state index in [2.05, 4.69) is 13.8 Å². The molecule has 1 rings (SSSR count). The summed E-state index contributed by atoms with van der Waals surface area (Å²) in [7, 11) is 3.65. The molecule has 0 spiro atoms. The van der Waals surface area contributed by atoms with Gasteiger partial charge in [-0.25, -0.2) is 4.67 Å². The van der Waals surface area contributed by atoms with Gasteiger partial charge in [0.1, 0.15) is 0 Å². The minimum atomic E-state index is -2.85. The largest absolute Gasteiger partial charge is 0.297 e. The molecular weight excluding hydrogens is 359 g/mol. The van der Waals surface area contributed by atoms with Gasteiger partial charge in [-0.1, -0.05) is 50.9 Å². The van der Waals surface area contributed by atoms with Crippen LogP contribution in [0.15, 0.2) is 0 Å². The molecule has 0 aromatic heterocycles. The average Bonchev–Trinajstić information content (AvgIpc) is 3.41. The molecular formula is C17H35N2O2PS2. The number of nitrogens with zero attached hydrogens (tertiary/aromatic N) is 2. The number of rotatable bonds is 14. The van der Waals surface area contributed by atoms with Crippen LogP contribution in [0.2, 0.25) is 0 Å². The van der Waals surface area contributed by atoms with Crippen LogP contribution in [-0.2, 0) is 9.36 Å². The Morgan fingerprint density at radius 1 is 1.04 bits per heavy atom. The zero-order valence-electron chi connectivity index (χ0n) is 15.8. The van der Waals surface area contributed by atoms with Crippen molar-refractivity contribution in [2.24, 2.45) is 5.92 Å². The Morgan fingerprint density at radius 2 is 1.71 bits per heavy atom. The van der Waals surface area contributed by atoms with Gasteiger partial charge < -0.3 is 0 Å². The summed E-state index contributed by atoms with van der Waals surface area (Å²) in [4.78, 5) is 12.4. The normalized spacial score (nSPS) is 17.0. The molecule has 1 aliphatic carbocycles. The lowest BCUT2D eigenvalue weighted by molar-refractivity contribution is -0.127. The van der Waals surface area contributed by atoms with Gasteiger partial charge in [0.25, 0.3) is 6.65 Å². The topological polar surface area (TPSA) is 40.6 Å². The molecule has 0 aromatic rings. The van der Waals surface area contributed by atoms with Crippen molar-refractivity contribution in [2.75, 3.05) is 31.5 Å². The quantitative estimate of drug-likeness (QED) is 0.215. The molecule has 1 fully saturated rings. The first-order chi connectivity index (χ1) is 11.5. The van der Waals surface area contributed by atoms with Crippen LogP contribution in [0.4, 0.5) is 0 Å². The van der Waals surface area contributed by atoms with Gasteiger partial charge in [-0.15, -0.1) is 11.8 Å². The zero-order valence-corrected chi connectivity index (χ0v) is 18.4. The SMILES string of the molecule is CCCCCCSCN(C)P(=O)(SCCCC)N(C)C(=O)C1CC1. The van der Waals surface area contributed by atoms with E-state index < -0.39 is 6.65 Å². The summed E-state index contributed by atoms with van der Waals surface area (Å²) in [5, 5.41) is 0. The standard InChI is InChI=1S/C17H35N2O2PS2/c1-5-7-9-10-13-23-15-18(3)22(21,24-14-8-6-2)19(4)17(20)16-11-12-16/h16H,5-15H2,1-4H3. The van der Waals surface area contributed by atoms with Crippen LogP contribution in [0, 0.1) is 5.92 Å². The van der Waals surface area contributed by atoms with E-state index in [1.165, 1.54) is 37.1 Å². The number of thioether (sulfide) groups is 1. The van der Waals surface area contributed by atoms with Crippen LogP contribution in [0.3, 0.4) is 0 Å². The maximum Gasteiger partial charge on any atom is 0.297 e. The average molecular weight is 395 g/mol. The van der Waals surface area contributed by atoms with Gasteiger partial charge in [-0.05, 0) is 38.5 Å². The second-order valence-electron chi connectivity index (χ2n) is 6.57. The van der Waals surface area contributed by atoms with Crippen LogP contribution in [-0.4, -0.2) is 46.7 Å². The fourth-order valence-corrected chi connectivity index (χ4v) is 8.77.